The van der Waals surface area contributed by atoms with Gasteiger partial charge in [-0.05, 0) is 37.0 Å². The Kier molecular flexibility index (Phi) is 6.19. The van der Waals surface area contributed by atoms with Crippen molar-refractivity contribution >= 4 is 0 Å². The summed E-state index contributed by atoms with van der Waals surface area (Å²) in [6.07, 6.45) is 0.721. The van der Waals surface area contributed by atoms with E-state index in [4.69, 9.17) is 9.84 Å². The number of ether oxygens (including phenoxy) is 1. The average molecular weight is 237 g/mol. The zero-order valence-corrected chi connectivity index (χ0v) is 11.0. The molecule has 0 spiro atoms. The van der Waals surface area contributed by atoms with E-state index in [1.807, 2.05) is 0 Å². The van der Waals surface area contributed by atoms with Gasteiger partial charge in [-0.25, -0.2) is 0 Å². The monoisotopic (exact) mass is 237 g/mol. The summed E-state index contributed by atoms with van der Waals surface area (Å²) in [5.74, 6) is 0. The van der Waals surface area contributed by atoms with Crippen LogP contribution in [0.4, 0.5) is 0 Å². The van der Waals surface area contributed by atoms with Crippen LogP contribution in [0, 0.1) is 13.8 Å². The summed E-state index contributed by atoms with van der Waals surface area (Å²) in [7, 11) is 1.68. The normalized spacial score (nSPS) is 12.7. The molecule has 3 nitrogen and oxygen atoms in total. The van der Waals surface area contributed by atoms with Gasteiger partial charge in [-0.2, -0.15) is 0 Å². The van der Waals surface area contributed by atoms with Gasteiger partial charge in [-0.3, -0.25) is 0 Å². The Morgan fingerprint density at radius 2 is 2.06 bits per heavy atom. The summed E-state index contributed by atoms with van der Waals surface area (Å²) in [6, 6.07) is 6.69. The molecule has 0 amide bonds. The molecule has 0 aliphatic heterocycles. The minimum Gasteiger partial charge on any atom is -0.396 e. The van der Waals surface area contributed by atoms with Gasteiger partial charge in [-0.15, -0.1) is 0 Å². The summed E-state index contributed by atoms with van der Waals surface area (Å²) >= 11 is 0. The summed E-state index contributed by atoms with van der Waals surface area (Å²) in [4.78, 5) is 0. The minimum atomic E-state index is 0.188. The maximum Gasteiger partial charge on any atom is 0.0616 e. The van der Waals surface area contributed by atoms with Gasteiger partial charge in [0.15, 0.2) is 0 Å². The molecule has 0 fully saturated rings. The van der Waals surface area contributed by atoms with Crippen LogP contribution in [-0.4, -0.2) is 31.5 Å². The fourth-order valence-electron chi connectivity index (χ4n) is 1.78. The van der Waals surface area contributed by atoms with Crippen LogP contribution in [0.2, 0.25) is 0 Å². The fraction of sp³-hybridized carbons (Fsp3) is 0.571. The number of nitrogens with one attached hydrogen (secondary N) is 1. The van der Waals surface area contributed by atoms with Crippen LogP contribution >= 0.6 is 0 Å². The molecule has 0 radical (unpaired) electrons. The molecule has 0 aliphatic carbocycles. The Balaban J connectivity index is 2.49. The van der Waals surface area contributed by atoms with Crippen molar-refractivity contribution in [1.29, 1.82) is 0 Å². The van der Waals surface area contributed by atoms with Crippen LogP contribution in [0.3, 0.4) is 0 Å². The van der Waals surface area contributed by atoms with E-state index in [-0.39, 0.29) is 12.6 Å². The van der Waals surface area contributed by atoms with E-state index in [1.54, 1.807) is 7.11 Å². The lowest BCUT2D eigenvalue weighted by molar-refractivity contribution is 0.148. The standard InChI is InChI=1S/C14H23NO2/c1-11-4-5-13(8-12(11)2)9-15-14(6-7-16)10-17-3/h4-5,8,14-16H,6-7,9-10H2,1-3H3. The van der Waals surface area contributed by atoms with E-state index in [2.05, 4.69) is 37.4 Å². The Morgan fingerprint density at radius 3 is 2.65 bits per heavy atom. The molecule has 1 unspecified atom stereocenters. The lowest BCUT2D eigenvalue weighted by atomic mass is 10.1. The number of benzene rings is 1. The fourth-order valence-corrected chi connectivity index (χ4v) is 1.78. The largest absolute Gasteiger partial charge is 0.396 e. The highest BCUT2D eigenvalue weighted by molar-refractivity contribution is 5.29. The van der Waals surface area contributed by atoms with Gasteiger partial charge in [0.1, 0.15) is 0 Å². The van der Waals surface area contributed by atoms with Crippen LogP contribution < -0.4 is 5.32 Å². The molecule has 2 N–H and O–H groups in total. The first-order chi connectivity index (χ1) is 8.17. The Labute approximate surface area is 104 Å². The second-order valence-corrected chi connectivity index (χ2v) is 4.46. The third-order valence-corrected chi connectivity index (χ3v) is 3.01. The second kappa shape index (κ2) is 7.43. The third-order valence-electron chi connectivity index (χ3n) is 3.01. The molecular formula is C14H23NO2. The molecule has 0 aromatic heterocycles. The van der Waals surface area contributed by atoms with Crippen LogP contribution in [0.5, 0.6) is 0 Å². The number of rotatable bonds is 7. The van der Waals surface area contributed by atoms with Gasteiger partial charge < -0.3 is 15.2 Å². The van der Waals surface area contributed by atoms with Gasteiger partial charge >= 0.3 is 0 Å². The van der Waals surface area contributed by atoms with Gasteiger partial charge in [-0.1, -0.05) is 18.2 Å². The number of aryl methyl sites for hydroxylation is 2. The first kappa shape index (κ1) is 14.2. The number of methoxy groups -OCH3 is 1. The van der Waals surface area contributed by atoms with E-state index in [1.165, 1.54) is 16.7 Å². The summed E-state index contributed by atoms with van der Waals surface area (Å²) in [5, 5.41) is 12.3. The van der Waals surface area contributed by atoms with E-state index in [0.717, 1.165) is 13.0 Å². The summed E-state index contributed by atoms with van der Waals surface area (Å²) in [5.41, 5.74) is 3.90. The van der Waals surface area contributed by atoms with Gasteiger partial charge in [0.2, 0.25) is 0 Å². The first-order valence-electron chi connectivity index (χ1n) is 6.06. The van der Waals surface area contributed by atoms with E-state index in [9.17, 15) is 0 Å². The van der Waals surface area contributed by atoms with E-state index >= 15 is 0 Å². The van der Waals surface area contributed by atoms with Crippen LogP contribution in [0.15, 0.2) is 18.2 Å². The molecule has 1 aromatic carbocycles. The van der Waals surface area contributed by atoms with Crippen molar-refractivity contribution in [2.45, 2.75) is 32.9 Å². The Bertz CT molecular complexity index is 333. The maximum absolute atomic E-state index is 8.95. The first-order valence-corrected chi connectivity index (χ1v) is 6.06. The highest BCUT2D eigenvalue weighted by Gasteiger charge is 2.07. The van der Waals surface area contributed by atoms with Crippen molar-refractivity contribution in [3.05, 3.63) is 34.9 Å². The molecule has 0 saturated carbocycles. The van der Waals surface area contributed by atoms with Gasteiger partial charge in [0.05, 0.1) is 6.61 Å². The van der Waals surface area contributed by atoms with Gasteiger partial charge in [0.25, 0.3) is 0 Å². The molecule has 0 aliphatic rings. The Hall–Kier alpha value is -0.900. The quantitative estimate of drug-likeness (QED) is 0.759. The van der Waals surface area contributed by atoms with E-state index in [0.29, 0.717) is 6.61 Å². The topological polar surface area (TPSA) is 41.5 Å². The number of aliphatic hydroxyl groups excluding tert-OH is 1. The predicted molar refractivity (Wildman–Crippen MR) is 70.1 cm³/mol. The number of hydrogen-bond donors (Lipinski definition) is 2. The number of aliphatic hydroxyl groups is 1. The minimum absolute atomic E-state index is 0.188. The Morgan fingerprint density at radius 1 is 1.29 bits per heavy atom. The molecule has 1 rings (SSSR count). The van der Waals surface area contributed by atoms with Crippen LogP contribution in [-0.2, 0) is 11.3 Å². The van der Waals surface area contributed by atoms with Crippen molar-refractivity contribution in [3.63, 3.8) is 0 Å². The molecule has 3 heteroatoms. The highest BCUT2D eigenvalue weighted by atomic mass is 16.5. The molecular weight excluding hydrogens is 214 g/mol. The summed E-state index contributed by atoms with van der Waals surface area (Å²) in [6.45, 7) is 5.87. The molecule has 17 heavy (non-hydrogen) atoms. The van der Waals surface area contributed by atoms with Crippen molar-refractivity contribution in [2.24, 2.45) is 0 Å². The van der Waals surface area contributed by atoms with Crippen molar-refractivity contribution in [2.75, 3.05) is 20.3 Å². The van der Waals surface area contributed by atoms with Gasteiger partial charge in [0, 0.05) is 26.3 Å². The van der Waals surface area contributed by atoms with Crippen LogP contribution in [0.1, 0.15) is 23.1 Å². The molecule has 0 bridgehead atoms. The predicted octanol–water partition coefficient (Wildman–Crippen LogP) is 1.79. The van der Waals surface area contributed by atoms with Crippen molar-refractivity contribution in [1.82, 2.24) is 5.32 Å². The average Bonchev–Trinajstić information content (AvgIpc) is 2.31. The zero-order chi connectivity index (χ0) is 12.7. The highest BCUT2D eigenvalue weighted by Crippen LogP contribution is 2.09. The molecule has 0 saturated heterocycles. The lowest BCUT2D eigenvalue weighted by Gasteiger charge is -2.17. The zero-order valence-electron chi connectivity index (χ0n) is 11.0. The maximum atomic E-state index is 8.95. The smallest absolute Gasteiger partial charge is 0.0616 e. The van der Waals surface area contributed by atoms with Crippen LogP contribution in [0.25, 0.3) is 0 Å². The summed E-state index contributed by atoms with van der Waals surface area (Å²) < 4.78 is 5.11. The number of hydrogen-bond acceptors (Lipinski definition) is 3. The SMILES string of the molecule is COCC(CCO)NCc1ccc(C)c(C)c1. The van der Waals surface area contributed by atoms with Crippen molar-refractivity contribution in [3.8, 4) is 0 Å². The third kappa shape index (κ3) is 4.86. The van der Waals surface area contributed by atoms with E-state index < -0.39 is 0 Å². The second-order valence-electron chi connectivity index (χ2n) is 4.46. The molecule has 0 heterocycles. The molecule has 1 atom stereocenters. The van der Waals surface area contributed by atoms with Crippen molar-refractivity contribution < 1.29 is 9.84 Å². The molecule has 96 valence electrons. The lowest BCUT2D eigenvalue weighted by Crippen LogP contribution is -2.33. The molecule has 1 aromatic rings.